The van der Waals surface area contributed by atoms with Crippen molar-refractivity contribution in [1.82, 2.24) is 15.1 Å². The van der Waals surface area contributed by atoms with Crippen molar-refractivity contribution >= 4 is 0 Å². The minimum Gasteiger partial charge on any atom is -0.494 e. The van der Waals surface area contributed by atoms with E-state index >= 15 is 0 Å². The Kier molecular flexibility index (Phi) is 5.18. The quantitative estimate of drug-likeness (QED) is 0.843. The Morgan fingerprint density at radius 3 is 2.80 bits per heavy atom. The van der Waals surface area contributed by atoms with E-state index in [1.165, 1.54) is 5.56 Å². The molecule has 1 aromatic carbocycles. The number of hydrogen-bond donors (Lipinski definition) is 1. The molecule has 2 aromatic rings. The van der Waals surface area contributed by atoms with Gasteiger partial charge in [-0.3, -0.25) is 4.68 Å². The van der Waals surface area contributed by atoms with Crippen molar-refractivity contribution < 1.29 is 4.74 Å². The molecule has 1 unspecified atom stereocenters. The Morgan fingerprint density at radius 2 is 2.15 bits per heavy atom. The molecule has 0 saturated carbocycles. The van der Waals surface area contributed by atoms with E-state index in [1.807, 2.05) is 36.1 Å². The van der Waals surface area contributed by atoms with Crippen molar-refractivity contribution in [2.24, 2.45) is 7.05 Å². The molecule has 0 amide bonds. The van der Waals surface area contributed by atoms with Gasteiger partial charge in [0.15, 0.2) is 0 Å². The smallest absolute Gasteiger partial charge is 0.119 e. The van der Waals surface area contributed by atoms with Crippen LogP contribution in [0.1, 0.15) is 37.6 Å². The number of aryl methyl sites for hydroxylation is 1. The second kappa shape index (κ2) is 7.10. The molecule has 0 aliphatic heterocycles. The normalized spacial score (nSPS) is 12.3. The molecule has 1 N–H and O–H groups in total. The maximum atomic E-state index is 5.72. The molecule has 0 spiro atoms. The minimum absolute atomic E-state index is 0.137. The summed E-state index contributed by atoms with van der Waals surface area (Å²) in [5, 5.41) is 7.77. The van der Waals surface area contributed by atoms with Crippen molar-refractivity contribution in [3.05, 3.63) is 47.8 Å². The number of aromatic nitrogens is 2. The van der Waals surface area contributed by atoms with Crippen LogP contribution in [0.5, 0.6) is 5.75 Å². The van der Waals surface area contributed by atoms with Crippen molar-refractivity contribution in [3.63, 3.8) is 0 Å². The number of nitrogens with zero attached hydrogens (tertiary/aromatic N) is 2. The Morgan fingerprint density at radius 1 is 1.30 bits per heavy atom. The predicted molar refractivity (Wildman–Crippen MR) is 81.0 cm³/mol. The molecule has 20 heavy (non-hydrogen) atoms. The maximum absolute atomic E-state index is 5.72. The number of nitrogens with one attached hydrogen (secondary N) is 1. The highest BCUT2D eigenvalue weighted by atomic mass is 16.5. The third kappa shape index (κ3) is 3.39. The zero-order valence-corrected chi connectivity index (χ0v) is 12.5. The zero-order chi connectivity index (χ0) is 14.4. The van der Waals surface area contributed by atoms with Gasteiger partial charge >= 0.3 is 0 Å². The predicted octanol–water partition coefficient (Wildman–Crippen LogP) is 2.91. The Labute approximate surface area is 120 Å². The molecular weight excluding hydrogens is 250 g/mol. The summed E-state index contributed by atoms with van der Waals surface area (Å²) in [5.41, 5.74) is 2.35. The van der Waals surface area contributed by atoms with Gasteiger partial charge in [0.2, 0.25) is 0 Å². The van der Waals surface area contributed by atoms with Gasteiger partial charge in [0.25, 0.3) is 0 Å². The topological polar surface area (TPSA) is 39.1 Å². The lowest BCUT2D eigenvalue weighted by molar-refractivity contribution is 0.317. The third-order valence-electron chi connectivity index (χ3n) is 3.23. The third-order valence-corrected chi connectivity index (χ3v) is 3.23. The maximum Gasteiger partial charge on any atom is 0.119 e. The molecule has 0 aliphatic carbocycles. The standard InChI is InChI=1S/C16H23N3O/c1-4-11-20-14-8-6-7-13(12-14)16(17-5-2)15-9-10-18-19(15)3/h6-10,12,16-17H,4-5,11H2,1-3H3. The van der Waals surface area contributed by atoms with Gasteiger partial charge in [-0.2, -0.15) is 5.10 Å². The van der Waals surface area contributed by atoms with Gasteiger partial charge in [0.05, 0.1) is 18.3 Å². The highest BCUT2D eigenvalue weighted by Crippen LogP contribution is 2.24. The second-order valence-electron chi connectivity index (χ2n) is 4.79. The van der Waals surface area contributed by atoms with E-state index in [9.17, 15) is 0 Å². The fourth-order valence-electron chi connectivity index (χ4n) is 2.27. The molecule has 0 aliphatic rings. The van der Waals surface area contributed by atoms with Gasteiger partial charge in [-0.1, -0.05) is 26.0 Å². The number of rotatable bonds is 7. The van der Waals surface area contributed by atoms with Gasteiger partial charge in [-0.05, 0) is 36.7 Å². The van der Waals surface area contributed by atoms with Crippen LogP contribution < -0.4 is 10.1 Å². The van der Waals surface area contributed by atoms with Crippen LogP contribution >= 0.6 is 0 Å². The molecule has 0 fully saturated rings. The highest BCUT2D eigenvalue weighted by Gasteiger charge is 2.16. The fourth-order valence-corrected chi connectivity index (χ4v) is 2.27. The molecular formula is C16H23N3O. The molecule has 108 valence electrons. The second-order valence-corrected chi connectivity index (χ2v) is 4.79. The first-order valence-corrected chi connectivity index (χ1v) is 7.20. The summed E-state index contributed by atoms with van der Waals surface area (Å²) in [7, 11) is 1.97. The molecule has 0 bridgehead atoms. The summed E-state index contributed by atoms with van der Waals surface area (Å²) in [6, 6.07) is 10.5. The van der Waals surface area contributed by atoms with Crippen LogP contribution in [0.15, 0.2) is 36.5 Å². The van der Waals surface area contributed by atoms with Gasteiger partial charge in [0, 0.05) is 13.2 Å². The average Bonchev–Trinajstić information content (AvgIpc) is 2.89. The summed E-state index contributed by atoms with van der Waals surface area (Å²) >= 11 is 0. The van der Waals surface area contributed by atoms with E-state index in [4.69, 9.17) is 4.74 Å². The van der Waals surface area contributed by atoms with Gasteiger partial charge in [-0.15, -0.1) is 0 Å². The minimum atomic E-state index is 0.137. The Balaban J connectivity index is 2.27. The van der Waals surface area contributed by atoms with Gasteiger partial charge in [-0.25, -0.2) is 0 Å². The first kappa shape index (κ1) is 14.6. The lowest BCUT2D eigenvalue weighted by Crippen LogP contribution is -2.24. The number of hydrogen-bond acceptors (Lipinski definition) is 3. The summed E-state index contributed by atoms with van der Waals surface area (Å²) in [4.78, 5) is 0. The molecule has 1 aromatic heterocycles. The average molecular weight is 273 g/mol. The molecule has 0 saturated heterocycles. The van der Waals surface area contributed by atoms with Crippen LogP contribution in [0.2, 0.25) is 0 Å². The van der Waals surface area contributed by atoms with E-state index < -0.39 is 0 Å². The lowest BCUT2D eigenvalue weighted by Gasteiger charge is -2.19. The van der Waals surface area contributed by atoms with Crippen molar-refractivity contribution in [2.75, 3.05) is 13.2 Å². The summed E-state index contributed by atoms with van der Waals surface area (Å²) in [6.07, 6.45) is 2.85. The Hall–Kier alpha value is -1.81. The summed E-state index contributed by atoms with van der Waals surface area (Å²) in [6.45, 7) is 5.87. The first-order valence-electron chi connectivity index (χ1n) is 7.20. The van der Waals surface area contributed by atoms with E-state index in [0.717, 1.165) is 31.0 Å². The first-order chi connectivity index (χ1) is 9.76. The lowest BCUT2D eigenvalue weighted by atomic mass is 10.0. The molecule has 4 heteroatoms. The van der Waals surface area contributed by atoms with Crippen LogP contribution in [-0.2, 0) is 7.05 Å². The molecule has 4 nitrogen and oxygen atoms in total. The molecule has 0 radical (unpaired) electrons. The molecule has 1 atom stereocenters. The van der Waals surface area contributed by atoms with Crippen LogP contribution in [-0.4, -0.2) is 22.9 Å². The number of ether oxygens (including phenoxy) is 1. The van der Waals surface area contributed by atoms with Crippen molar-refractivity contribution in [1.29, 1.82) is 0 Å². The zero-order valence-electron chi connectivity index (χ0n) is 12.5. The van der Waals surface area contributed by atoms with E-state index in [-0.39, 0.29) is 6.04 Å². The van der Waals surface area contributed by atoms with Gasteiger partial charge < -0.3 is 10.1 Å². The largest absolute Gasteiger partial charge is 0.494 e. The van der Waals surface area contributed by atoms with E-state index in [0.29, 0.717) is 0 Å². The van der Waals surface area contributed by atoms with Gasteiger partial charge in [0.1, 0.15) is 5.75 Å². The molecule has 1 heterocycles. The summed E-state index contributed by atoms with van der Waals surface area (Å²) < 4.78 is 7.63. The monoisotopic (exact) mass is 273 g/mol. The van der Waals surface area contributed by atoms with Crippen LogP contribution in [0.3, 0.4) is 0 Å². The number of benzene rings is 1. The van der Waals surface area contributed by atoms with E-state index in [1.54, 1.807) is 0 Å². The van der Waals surface area contributed by atoms with Crippen LogP contribution in [0.25, 0.3) is 0 Å². The highest BCUT2D eigenvalue weighted by molar-refractivity contribution is 5.34. The summed E-state index contributed by atoms with van der Waals surface area (Å²) in [5.74, 6) is 0.925. The Bertz CT molecular complexity index is 536. The van der Waals surface area contributed by atoms with Crippen molar-refractivity contribution in [3.8, 4) is 5.75 Å². The van der Waals surface area contributed by atoms with Crippen molar-refractivity contribution in [2.45, 2.75) is 26.3 Å². The SMILES string of the molecule is CCCOc1cccc(C(NCC)c2ccnn2C)c1. The van der Waals surface area contributed by atoms with Crippen LogP contribution in [0, 0.1) is 0 Å². The van der Waals surface area contributed by atoms with Crippen LogP contribution in [0.4, 0.5) is 0 Å². The van der Waals surface area contributed by atoms with E-state index in [2.05, 4.69) is 36.4 Å². The fraction of sp³-hybridized carbons (Fsp3) is 0.438. The molecule has 2 rings (SSSR count).